The molecule has 0 rings (SSSR count). The molecule has 0 bridgehead atoms. The van der Waals surface area contributed by atoms with Gasteiger partial charge in [-0.15, -0.1) is 0 Å². The molecule has 61 heavy (non-hydrogen) atoms. The Balaban J connectivity index is 4.66. The average molecular weight is 835 g/mol. The quantitative estimate of drug-likeness (QED) is 0.0204. The summed E-state index contributed by atoms with van der Waals surface area (Å²) >= 11 is 0. The summed E-state index contributed by atoms with van der Waals surface area (Å²) in [5, 5.41) is 0. The van der Waals surface area contributed by atoms with E-state index < -0.39 is 18.0 Å². The maximum absolute atomic E-state index is 12.7. The van der Waals surface area contributed by atoms with Crippen LogP contribution in [-0.2, 0) is 28.6 Å². The molecule has 0 aliphatic rings. The normalized spacial score (nSPS) is 13.7. The number of allylic oxidation sites excluding steroid dienone is 27. The number of esters is 3. The summed E-state index contributed by atoms with van der Waals surface area (Å²) < 4.78 is 16.5. The van der Waals surface area contributed by atoms with E-state index in [-0.39, 0.29) is 38.4 Å². The van der Waals surface area contributed by atoms with Gasteiger partial charge in [-0.2, -0.15) is 0 Å². The number of ether oxygens (including phenoxy) is 3. The lowest BCUT2D eigenvalue weighted by Gasteiger charge is -2.18. The van der Waals surface area contributed by atoms with Crippen molar-refractivity contribution in [1.82, 2.24) is 0 Å². The second kappa shape index (κ2) is 47.4. The van der Waals surface area contributed by atoms with Gasteiger partial charge >= 0.3 is 17.9 Å². The first-order valence-electron chi connectivity index (χ1n) is 22.7. The van der Waals surface area contributed by atoms with Crippen LogP contribution in [0.25, 0.3) is 0 Å². The molecule has 0 aliphatic carbocycles. The third-order valence-electron chi connectivity index (χ3n) is 8.39. The van der Waals surface area contributed by atoms with E-state index in [9.17, 15) is 14.4 Å². The predicted octanol–water partition coefficient (Wildman–Crippen LogP) is 14.9. The molecule has 334 valence electrons. The van der Waals surface area contributed by atoms with E-state index in [4.69, 9.17) is 14.2 Å². The fourth-order valence-electron chi connectivity index (χ4n) is 5.10. The zero-order chi connectivity index (χ0) is 44.4. The fraction of sp³-hybridized carbons (Fsp3) is 0.436. The first-order chi connectivity index (χ1) is 30.0. The number of hydrogen-bond donors (Lipinski definition) is 0. The minimum atomic E-state index is -0.869. The molecule has 0 amide bonds. The highest BCUT2D eigenvalue weighted by Gasteiger charge is 2.19. The highest BCUT2D eigenvalue weighted by atomic mass is 16.6. The van der Waals surface area contributed by atoms with Gasteiger partial charge in [0.05, 0.1) is 6.42 Å². The molecule has 6 nitrogen and oxygen atoms in total. The molecular formula is C55H78O6. The second-order valence-electron chi connectivity index (χ2n) is 14.0. The highest BCUT2D eigenvalue weighted by molar-refractivity contribution is 5.72. The van der Waals surface area contributed by atoms with E-state index in [1.54, 1.807) is 6.08 Å². The standard InChI is InChI=1S/C55H78O6/c1-4-7-10-13-16-19-21-23-25-27-29-31-33-36-39-42-45-48-54(57)60-51-52(50-59-53(56)47-44-41-38-35-18-15-12-9-6-3)61-55(58)49-46-43-40-37-34-32-30-28-26-24-22-20-17-14-11-8-5-2/h7-13,16-21,23-27,29-33,35,37,40-41,44,52H,4-6,14-15,22,28,34,36,38-39,42-43,45-51H2,1-3H3/b10-7-,11-8-,12-9-,16-13-,20-17-,21-19-,25-23-,26-24-,29-27+,32-30-,33-31-,35-18-,40-37-,44-41-. The van der Waals surface area contributed by atoms with Crippen molar-refractivity contribution in [1.29, 1.82) is 0 Å². The molecule has 0 N–H and O–H groups in total. The molecule has 0 aromatic rings. The summed E-state index contributed by atoms with van der Waals surface area (Å²) in [4.78, 5) is 37.7. The average Bonchev–Trinajstić information content (AvgIpc) is 3.26. The molecule has 0 aliphatic heterocycles. The Bertz CT molecular complexity index is 1520. The van der Waals surface area contributed by atoms with Gasteiger partial charge in [-0.1, -0.05) is 197 Å². The SMILES string of the molecule is CC\C=C/C=C\C=C/C=C\C=C\C=C/CCCCCC(=O)OCC(COC(=O)C/C=C\C/C=C\C/C=C\CC)OC(=O)CCC/C=C\C/C=C\C/C=C\C/C=C\C/C=C\CC. The van der Waals surface area contributed by atoms with Crippen molar-refractivity contribution >= 4 is 17.9 Å². The summed E-state index contributed by atoms with van der Waals surface area (Å²) in [6.07, 6.45) is 70.9. The first-order valence-corrected chi connectivity index (χ1v) is 22.7. The van der Waals surface area contributed by atoms with Crippen molar-refractivity contribution in [2.24, 2.45) is 0 Å². The summed E-state index contributed by atoms with van der Waals surface area (Å²) in [5.74, 6) is -1.21. The highest BCUT2D eigenvalue weighted by Crippen LogP contribution is 2.08. The molecule has 0 saturated heterocycles. The van der Waals surface area contributed by atoms with E-state index in [1.165, 1.54) is 0 Å². The smallest absolute Gasteiger partial charge is 0.309 e. The molecule has 0 fully saturated rings. The van der Waals surface area contributed by atoms with Crippen LogP contribution in [0.2, 0.25) is 0 Å². The number of rotatable bonds is 37. The summed E-state index contributed by atoms with van der Waals surface area (Å²) in [5.41, 5.74) is 0. The van der Waals surface area contributed by atoms with Crippen LogP contribution in [0, 0.1) is 0 Å². The molecule has 0 aromatic heterocycles. The Morgan fingerprint density at radius 1 is 0.361 bits per heavy atom. The molecule has 0 radical (unpaired) electrons. The van der Waals surface area contributed by atoms with E-state index in [1.807, 2.05) is 66.8 Å². The lowest BCUT2D eigenvalue weighted by atomic mass is 10.1. The molecule has 1 unspecified atom stereocenters. The van der Waals surface area contributed by atoms with Crippen LogP contribution in [0.1, 0.15) is 136 Å². The van der Waals surface area contributed by atoms with Crippen LogP contribution in [-0.4, -0.2) is 37.2 Å². The summed E-state index contributed by atoms with van der Waals surface area (Å²) in [7, 11) is 0. The topological polar surface area (TPSA) is 78.9 Å². The number of hydrogen-bond acceptors (Lipinski definition) is 6. The third-order valence-corrected chi connectivity index (χ3v) is 8.39. The van der Waals surface area contributed by atoms with Crippen LogP contribution >= 0.6 is 0 Å². The molecular weight excluding hydrogens is 757 g/mol. The van der Waals surface area contributed by atoms with Crippen molar-refractivity contribution in [3.63, 3.8) is 0 Å². The summed E-state index contributed by atoms with van der Waals surface area (Å²) in [6.45, 7) is 6.02. The van der Waals surface area contributed by atoms with Gasteiger partial charge in [0.1, 0.15) is 13.2 Å². The fourth-order valence-corrected chi connectivity index (χ4v) is 5.10. The Kier molecular flexibility index (Phi) is 43.4. The first kappa shape index (κ1) is 55.8. The number of carbonyl (C=O) groups is 3. The Hall–Kier alpha value is -5.23. The Morgan fingerprint density at radius 2 is 0.754 bits per heavy atom. The van der Waals surface area contributed by atoms with E-state index in [0.717, 1.165) is 83.5 Å². The van der Waals surface area contributed by atoms with E-state index in [0.29, 0.717) is 12.8 Å². The van der Waals surface area contributed by atoms with Gasteiger partial charge in [0.2, 0.25) is 0 Å². The lowest BCUT2D eigenvalue weighted by Crippen LogP contribution is -2.30. The zero-order valence-corrected chi connectivity index (χ0v) is 37.8. The molecule has 0 heterocycles. The van der Waals surface area contributed by atoms with Crippen molar-refractivity contribution in [3.8, 4) is 0 Å². The minimum Gasteiger partial charge on any atom is -0.462 e. The van der Waals surface area contributed by atoms with Crippen LogP contribution < -0.4 is 0 Å². The van der Waals surface area contributed by atoms with E-state index in [2.05, 4.69) is 118 Å². The van der Waals surface area contributed by atoms with Gasteiger partial charge in [0.15, 0.2) is 6.10 Å². The van der Waals surface area contributed by atoms with Crippen LogP contribution in [0.4, 0.5) is 0 Å². The molecule has 6 heteroatoms. The molecule has 1 atom stereocenters. The summed E-state index contributed by atoms with van der Waals surface area (Å²) in [6, 6.07) is 0. The number of carbonyl (C=O) groups excluding carboxylic acids is 3. The van der Waals surface area contributed by atoms with Crippen molar-refractivity contribution in [2.75, 3.05) is 13.2 Å². The van der Waals surface area contributed by atoms with Crippen LogP contribution in [0.15, 0.2) is 170 Å². The number of unbranched alkanes of at least 4 members (excludes halogenated alkanes) is 4. The zero-order valence-electron chi connectivity index (χ0n) is 37.8. The van der Waals surface area contributed by atoms with Gasteiger partial charge < -0.3 is 14.2 Å². The maximum Gasteiger partial charge on any atom is 0.309 e. The minimum absolute atomic E-state index is 0.104. The predicted molar refractivity (Wildman–Crippen MR) is 260 cm³/mol. The van der Waals surface area contributed by atoms with Crippen molar-refractivity contribution in [2.45, 2.75) is 142 Å². The second-order valence-corrected chi connectivity index (χ2v) is 14.0. The van der Waals surface area contributed by atoms with Crippen molar-refractivity contribution < 1.29 is 28.6 Å². The monoisotopic (exact) mass is 835 g/mol. The Morgan fingerprint density at radius 3 is 1.26 bits per heavy atom. The lowest BCUT2D eigenvalue weighted by molar-refractivity contribution is -0.166. The van der Waals surface area contributed by atoms with Gasteiger partial charge in [-0.3, -0.25) is 14.4 Å². The van der Waals surface area contributed by atoms with E-state index >= 15 is 0 Å². The largest absolute Gasteiger partial charge is 0.462 e. The van der Waals surface area contributed by atoms with Gasteiger partial charge in [0, 0.05) is 12.8 Å². The van der Waals surface area contributed by atoms with Crippen LogP contribution in [0.3, 0.4) is 0 Å². The maximum atomic E-state index is 12.7. The van der Waals surface area contributed by atoms with Gasteiger partial charge in [-0.05, 0) is 89.9 Å². The molecule has 0 aromatic carbocycles. The van der Waals surface area contributed by atoms with Gasteiger partial charge in [-0.25, -0.2) is 0 Å². The molecule has 0 spiro atoms. The third kappa shape index (κ3) is 45.7. The van der Waals surface area contributed by atoms with Crippen molar-refractivity contribution in [3.05, 3.63) is 170 Å². The van der Waals surface area contributed by atoms with Crippen LogP contribution in [0.5, 0.6) is 0 Å². The Labute approximate surface area is 371 Å². The molecule has 0 saturated carbocycles. The van der Waals surface area contributed by atoms with Gasteiger partial charge in [0.25, 0.3) is 0 Å².